The van der Waals surface area contributed by atoms with Crippen molar-refractivity contribution in [3.63, 3.8) is 0 Å². The second kappa shape index (κ2) is 7.64. The smallest absolute Gasteiger partial charge is 0.323 e. The predicted octanol–water partition coefficient (Wildman–Crippen LogP) is 0.974. The molecule has 0 bridgehead atoms. The molecule has 0 saturated carbocycles. The fourth-order valence-electron chi connectivity index (χ4n) is 2.00. The Balaban J connectivity index is 2.77. The van der Waals surface area contributed by atoms with E-state index in [0.717, 1.165) is 5.56 Å². The highest BCUT2D eigenvalue weighted by molar-refractivity contribution is 5.85. The normalized spacial score (nSPS) is 13.5. The van der Waals surface area contributed by atoms with Crippen LogP contribution in [0.4, 0.5) is 0 Å². The van der Waals surface area contributed by atoms with E-state index in [1.165, 1.54) is 17.0 Å². The Kier molecular flexibility index (Phi) is 6.17. The molecular weight excluding hydrogens is 272 g/mol. The maximum absolute atomic E-state index is 12.3. The van der Waals surface area contributed by atoms with Gasteiger partial charge in [-0.25, -0.2) is 0 Å². The van der Waals surface area contributed by atoms with Crippen LogP contribution in [0.2, 0.25) is 0 Å². The molecule has 1 amide bonds. The summed E-state index contributed by atoms with van der Waals surface area (Å²) in [5.41, 5.74) is 6.72. The molecule has 0 spiro atoms. The average molecular weight is 294 g/mol. The van der Waals surface area contributed by atoms with Gasteiger partial charge in [0.15, 0.2) is 0 Å². The third kappa shape index (κ3) is 5.07. The number of phenols is 1. The van der Waals surface area contributed by atoms with Crippen LogP contribution in [-0.2, 0) is 16.0 Å². The van der Waals surface area contributed by atoms with Gasteiger partial charge in [-0.05, 0) is 37.5 Å². The molecule has 1 rings (SSSR count). The molecule has 6 nitrogen and oxygen atoms in total. The lowest BCUT2D eigenvalue weighted by atomic mass is 10.0. The quantitative estimate of drug-likeness (QED) is 0.695. The van der Waals surface area contributed by atoms with E-state index in [2.05, 4.69) is 0 Å². The van der Waals surface area contributed by atoms with Crippen LogP contribution in [0.25, 0.3) is 0 Å². The van der Waals surface area contributed by atoms with Crippen LogP contribution >= 0.6 is 0 Å². The number of aromatic hydroxyl groups is 1. The summed E-state index contributed by atoms with van der Waals surface area (Å²) in [6.07, 6.45) is 0.955. The van der Waals surface area contributed by atoms with Crippen molar-refractivity contribution >= 4 is 11.9 Å². The molecule has 0 aromatic heterocycles. The first-order chi connectivity index (χ1) is 9.85. The Labute approximate surface area is 124 Å². The first-order valence-electron chi connectivity index (χ1n) is 6.90. The number of hydrogen-bond acceptors (Lipinski definition) is 4. The maximum atomic E-state index is 12.3. The molecule has 0 aliphatic carbocycles. The summed E-state index contributed by atoms with van der Waals surface area (Å²) in [6.45, 7) is 3.34. The van der Waals surface area contributed by atoms with Crippen molar-refractivity contribution in [3.8, 4) is 5.75 Å². The van der Waals surface area contributed by atoms with Crippen molar-refractivity contribution in [2.24, 2.45) is 5.73 Å². The van der Waals surface area contributed by atoms with Crippen molar-refractivity contribution in [1.82, 2.24) is 4.90 Å². The highest BCUT2D eigenvalue weighted by Crippen LogP contribution is 2.13. The zero-order valence-electron chi connectivity index (χ0n) is 12.3. The van der Waals surface area contributed by atoms with Crippen LogP contribution in [-0.4, -0.2) is 45.6 Å². The summed E-state index contributed by atoms with van der Waals surface area (Å²) >= 11 is 0. The molecule has 6 heteroatoms. The summed E-state index contributed by atoms with van der Waals surface area (Å²) in [6, 6.07) is 5.44. The Bertz CT molecular complexity index is 487. The van der Waals surface area contributed by atoms with Crippen LogP contribution in [0.1, 0.15) is 25.8 Å². The van der Waals surface area contributed by atoms with E-state index < -0.39 is 12.0 Å². The van der Waals surface area contributed by atoms with Crippen molar-refractivity contribution in [2.75, 3.05) is 6.54 Å². The van der Waals surface area contributed by atoms with Crippen LogP contribution < -0.4 is 5.73 Å². The van der Waals surface area contributed by atoms with E-state index >= 15 is 0 Å². The van der Waals surface area contributed by atoms with Gasteiger partial charge in [-0.3, -0.25) is 9.59 Å². The Hall–Kier alpha value is -2.08. The van der Waals surface area contributed by atoms with Crippen LogP contribution in [0.3, 0.4) is 0 Å². The van der Waals surface area contributed by atoms with E-state index in [-0.39, 0.29) is 24.2 Å². The van der Waals surface area contributed by atoms with Crippen LogP contribution in [0.5, 0.6) is 5.75 Å². The van der Waals surface area contributed by atoms with Gasteiger partial charge >= 0.3 is 5.97 Å². The van der Waals surface area contributed by atoms with Crippen LogP contribution in [0, 0.1) is 0 Å². The molecule has 1 unspecified atom stereocenters. The van der Waals surface area contributed by atoms with Gasteiger partial charge in [0.1, 0.15) is 12.3 Å². The molecule has 0 fully saturated rings. The molecule has 116 valence electrons. The second-order valence-electron chi connectivity index (χ2n) is 5.09. The SMILES string of the molecule is CCC(C)N(CC(=O)O)C(=O)[C@H](N)Cc1ccc(O)cc1. The van der Waals surface area contributed by atoms with E-state index in [4.69, 9.17) is 10.8 Å². The van der Waals surface area contributed by atoms with Crippen LogP contribution in [0.15, 0.2) is 24.3 Å². The average Bonchev–Trinajstić information content (AvgIpc) is 2.45. The summed E-state index contributed by atoms with van der Waals surface area (Å²) in [5, 5.41) is 18.1. The Morgan fingerprint density at radius 1 is 1.29 bits per heavy atom. The summed E-state index contributed by atoms with van der Waals surface area (Å²) in [4.78, 5) is 24.5. The number of aliphatic carboxylic acids is 1. The van der Waals surface area contributed by atoms with Gasteiger partial charge in [0.2, 0.25) is 5.91 Å². The molecule has 21 heavy (non-hydrogen) atoms. The number of phenolic OH excluding ortho intramolecular Hbond substituents is 1. The summed E-state index contributed by atoms with van der Waals surface area (Å²) in [7, 11) is 0. The molecular formula is C15H22N2O4. The van der Waals surface area contributed by atoms with E-state index in [1.807, 2.05) is 6.92 Å². The summed E-state index contributed by atoms with van der Waals surface area (Å²) < 4.78 is 0. The standard InChI is InChI=1S/C15H22N2O4/c1-3-10(2)17(9-14(19)20)15(21)13(16)8-11-4-6-12(18)7-5-11/h4-7,10,13,18H,3,8-9,16H2,1-2H3,(H,19,20)/t10?,13-/m1/s1. The lowest BCUT2D eigenvalue weighted by Crippen LogP contribution is -2.50. The molecule has 0 aliphatic heterocycles. The number of rotatable bonds is 7. The molecule has 0 heterocycles. The van der Waals surface area contributed by atoms with Gasteiger partial charge in [-0.1, -0.05) is 19.1 Å². The fourth-order valence-corrected chi connectivity index (χ4v) is 2.00. The first kappa shape index (κ1) is 17.0. The minimum atomic E-state index is -1.06. The van der Waals surface area contributed by atoms with Gasteiger partial charge in [0.25, 0.3) is 0 Å². The highest BCUT2D eigenvalue weighted by atomic mass is 16.4. The molecule has 4 N–H and O–H groups in total. The molecule has 2 atom stereocenters. The minimum Gasteiger partial charge on any atom is -0.508 e. The number of carboxylic acid groups (broad SMARTS) is 1. The molecule has 0 saturated heterocycles. The second-order valence-corrected chi connectivity index (χ2v) is 5.09. The van der Waals surface area contributed by atoms with Gasteiger partial charge in [0, 0.05) is 6.04 Å². The zero-order chi connectivity index (χ0) is 16.0. The number of hydrogen-bond donors (Lipinski definition) is 3. The lowest BCUT2D eigenvalue weighted by molar-refractivity contribution is -0.146. The minimum absolute atomic E-state index is 0.144. The number of nitrogens with two attached hydrogens (primary N) is 1. The number of carboxylic acids is 1. The number of amides is 1. The molecule has 0 radical (unpaired) electrons. The topological polar surface area (TPSA) is 104 Å². The van der Waals surface area contributed by atoms with E-state index in [0.29, 0.717) is 12.8 Å². The van der Waals surface area contributed by atoms with Crippen molar-refractivity contribution < 1.29 is 19.8 Å². The summed E-state index contributed by atoms with van der Waals surface area (Å²) in [5.74, 6) is -1.29. The Morgan fingerprint density at radius 3 is 2.33 bits per heavy atom. The number of carbonyl (C=O) groups excluding carboxylic acids is 1. The number of carbonyl (C=O) groups is 2. The third-order valence-corrected chi connectivity index (χ3v) is 3.42. The molecule has 1 aromatic carbocycles. The maximum Gasteiger partial charge on any atom is 0.323 e. The van der Waals surface area contributed by atoms with E-state index in [9.17, 15) is 14.7 Å². The van der Waals surface area contributed by atoms with Gasteiger partial charge < -0.3 is 20.8 Å². The highest BCUT2D eigenvalue weighted by Gasteiger charge is 2.26. The lowest BCUT2D eigenvalue weighted by Gasteiger charge is -2.29. The van der Waals surface area contributed by atoms with Gasteiger partial charge in [-0.2, -0.15) is 0 Å². The van der Waals surface area contributed by atoms with Crippen molar-refractivity contribution in [1.29, 1.82) is 0 Å². The van der Waals surface area contributed by atoms with E-state index in [1.54, 1.807) is 19.1 Å². The first-order valence-corrected chi connectivity index (χ1v) is 6.90. The predicted molar refractivity (Wildman–Crippen MR) is 78.9 cm³/mol. The van der Waals surface area contributed by atoms with Crippen molar-refractivity contribution in [2.45, 2.75) is 38.8 Å². The molecule has 1 aromatic rings. The van der Waals surface area contributed by atoms with Gasteiger partial charge in [-0.15, -0.1) is 0 Å². The van der Waals surface area contributed by atoms with Crippen molar-refractivity contribution in [3.05, 3.63) is 29.8 Å². The fraction of sp³-hybridized carbons (Fsp3) is 0.467. The Morgan fingerprint density at radius 2 is 1.86 bits per heavy atom. The van der Waals surface area contributed by atoms with Gasteiger partial charge in [0.05, 0.1) is 6.04 Å². The zero-order valence-corrected chi connectivity index (χ0v) is 12.3. The largest absolute Gasteiger partial charge is 0.508 e. The number of benzene rings is 1. The number of nitrogens with zero attached hydrogens (tertiary/aromatic N) is 1. The third-order valence-electron chi connectivity index (χ3n) is 3.42. The monoisotopic (exact) mass is 294 g/mol. The molecule has 0 aliphatic rings.